The summed E-state index contributed by atoms with van der Waals surface area (Å²) in [5.74, 6) is -0.0346. The predicted molar refractivity (Wildman–Crippen MR) is 87.0 cm³/mol. The monoisotopic (exact) mass is 338 g/mol. The Balaban J connectivity index is 1.93. The molecule has 0 radical (unpaired) electrons. The molecule has 0 amide bonds. The van der Waals surface area contributed by atoms with E-state index < -0.39 is 4.92 Å². The first-order chi connectivity index (χ1) is 10.5. The first kappa shape index (κ1) is 16.3. The fraction of sp³-hybridized carbons (Fsp3) is 0.133. The van der Waals surface area contributed by atoms with Crippen molar-refractivity contribution in [1.82, 2.24) is 0 Å². The molecule has 0 spiro atoms. The number of nitrogens with one attached hydrogen (secondary N) is 1. The maximum Gasteiger partial charge on any atom is 0.289 e. The van der Waals surface area contributed by atoms with Gasteiger partial charge < -0.3 is 5.32 Å². The van der Waals surface area contributed by atoms with E-state index in [4.69, 9.17) is 23.2 Å². The number of nitro benzene ring substituents is 1. The average Bonchev–Trinajstić information content (AvgIpc) is 2.49. The van der Waals surface area contributed by atoms with E-state index in [9.17, 15) is 14.9 Å². The van der Waals surface area contributed by atoms with Crippen LogP contribution < -0.4 is 5.32 Å². The molecule has 0 aliphatic rings. The Bertz CT molecular complexity index is 702. The Morgan fingerprint density at radius 3 is 2.45 bits per heavy atom. The Morgan fingerprint density at radius 2 is 1.82 bits per heavy atom. The van der Waals surface area contributed by atoms with Crippen LogP contribution >= 0.6 is 23.2 Å². The fourth-order valence-corrected chi connectivity index (χ4v) is 2.18. The van der Waals surface area contributed by atoms with Crippen molar-refractivity contribution in [2.24, 2.45) is 0 Å². The van der Waals surface area contributed by atoms with Crippen molar-refractivity contribution in [1.29, 1.82) is 0 Å². The molecular formula is C15H12Cl2N2O3. The zero-order valence-corrected chi connectivity index (χ0v) is 12.9. The smallest absolute Gasteiger partial charge is 0.289 e. The molecule has 1 N–H and O–H groups in total. The van der Waals surface area contributed by atoms with Crippen molar-refractivity contribution in [3.05, 3.63) is 68.2 Å². The van der Waals surface area contributed by atoms with Crippen molar-refractivity contribution >= 4 is 40.4 Å². The van der Waals surface area contributed by atoms with Crippen LogP contribution in [-0.2, 0) is 0 Å². The van der Waals surface area contributed by atoms with Gasteiger partial charge in [-0.3, -0.25) is 14.9 Å². The standard InChI is InChI=1S/C15H12Cl2N2O3/c16-11-3-1-10(2-4-11)15(20)7-8-18-12-5-6-13(17)14(9-12)19(21)22/h1-6,9,18H,7-8H2. The average molecular weight is 339 g/mol. The lowest BCUT2D eigenvalue weighted by molar-refractivity contribution is -0.384. The van der Waals surface area contributed by atoms with E-state index in [0.29, 0.717) is 22.8 Å². The molecule has 0 aromatic heterocycles. The van der Waals surface area contributed by atoms with Crippen LogP contribution in [0.15, 0.2) is 42.5 Å². The largest absolute Gasteiger partial charge is 0.384 e. The van der Waals surface area contributed by atoms with E-state index in [1.807, 2.05) is 0 Å². The number of nitro groups is 1. The van der Waals surface area contributed by atoms with Gasteiger partial charge in [0.05, 0.1) is 4.92 Å². The minimum Gasteiger partial charge on any atom is -0.384 e. The Morgan fingerprint density at radius 1 is 1.14 bits per heavy atom. The number of anilines is 1. The van der Waals surface area contributed by atoms with Crippen LogP contribution in [0.2, 0.25) is 10.0 Å². The summed E-state index contributed by atoms with van der Waals surface area (Å²) in [5.41, 5.74) is 0.948. The van der Waals surface area contributed by atoms with E-state index >= 15 is 0 Å². The molecule has 2 rings (SSSR count). The second-order valence-corrected chi connectivity index (χ2v) is 5.37. The third-order valence-electron chi connectivity index (χ3n) is 2.99. The maximum atomic E-state index is 12.0. The van der Waals surface area contributed by atoms with Crippen LogP contribution in [0.25, 0.3) is 0 Å². The van der Waals surface area contributed by atoms with Gasteiger partial charge in [-0.15, -0.1) is 0 Å². The highest BCUT2D eigenvalue weighted by molar-refractivity contribution is 6.32. The molecule has 0 saturated carbocycles. The van der Waals surface area contributed by atoms with Gasteiger partial charge in [0, 0.05) is 35.3 Å². The van der Waals surface area contributed by atoms with Crippen LogP contribution in [0.5, 0.6) is 0 Å². The van der Waals surface area contributed by atoms with Crippen LogP contribution in [0.3, 0.4) is 0 Å². The number of hydrogen-bond donors (Lipinski definition) is 1. The van der Waals surface area contributed by atoms with Gasteiger partial charge in [-0.05, 0) is 36.4 Å². The van der Waals surface area contributed by atoms with Crippen LogP contribution in [0.1, 0.15) is 16.8 Å². The zero-order valence-electron chi connectivity index (χ0n) is 11.4. The number of Topliss-reactive ketones (excluding diaryl/α,β-unsaturated/α-hetero) is 1. The molecule has 0 aliphatic carbocycles. The number of halogens is 2. The first-order valence-corrected chi connectivity index (χ1v) is 7.19. The second-order valence-electron chi connectivity index (χ2n) is 4.53. The fourth-order valence-electron chi connectivity index (χ4n) is 1.86. The van der Waals surface area contributed by atoms with Gasteiger partial charge in [0.15, 0.2) is 5.78 Å². The van der Waals surface area contributed by atoms with E-state index in [2.05, 4.69) is 5.32 Å². The van der Waals surface area contributed by atoms with E-state index in [1.165, 1.54) is 12.1 Å². The Labute approximate surface area is 137 Å². The second kappa shape index (κ2) is 7.24. The van der Waals surface area contributed by atoms with Gasteiger partial charge >= 0.3 is 0 Å². The van der Waals surface area contributed by atoms with Crippen LogP contribution in [0.4, 0.5) is 11.4 Å². The molecule has 5 nitrogen and oxygen atoms in total. The quantitative estimate of drug-likeness (QED) is 0.475. The lowest BCUT2D eigenvalue weighted by Gasteiger charge is -2.06. The first-order valence-electron chi connectivity index (χ1n) is 6.44. The number of nitrogens with zero attached hydrogens (tertiary/aromatic N) is 1. The molecule has 0 fully saturated rings. The molecule has 0 aliphatic heterocycles. The molecular weight excluding hydrogens is 327 g/mol. The molecule has 0 saturated heterocycles. The van der Waals surface area contributed by atoms with Crippen molar-refractivity contribution in [2.75, 3.05) is 11.9 Å². The molecule has 114 valence electrons. The molecule has 0 atom stereocenters. The molecule has 0 bridgehead atoms. The highest BCUT2D eigenvalue weighted by Gasteiger charge is 2.12. The number of carbonyl (C=O) groups is 1. The lowest BCUT2D eigenvalue weighted by Crippen LogP contribution is -2.09. The molecule has 22 heavy (non-hydrogen) atoms. The highest BCUT2D eigenvalue weighted by Crippen LogP contribution is 2.27. The van der Waals surface area contributed by atoms with Gasteiger partial charge in [-0.25, -0.2) is 0 Å². The highest BCUT2D eigenvalue weighted by atomic mass is 35.5. The molecule has 0 heterocycles. The van der Waals surface area contributed by atoms with Gasteiger partial charge in [0.25, 0.3) is 5.69 Å². The van der Waals surface area contributed by atoms with E-state index in [1.54, 1.807) is 30.3 Å². The van der Waals surface area contributed by atoms with Gasteiger partial charge in [0.1, 0.15) is 5.02 Å². The Kier molecular flexibility index (Phi) is 5.35. The maximum absolute atomic E-state index is 12.0. The van der Waals surface area contributed by atoms with Gasteiger partial charge in [-0.1, -0.05) is 23.2 Å². The summed E-state index contributed by atoms with van der Waals surface area (Å²) in [5, 5.41) is 14.4. The minimum atomic E-state index is -0.549. The Hall–Kier alpha value is -2.11. The summed E-state index contributed by atoms with van der Waals surface area (Å²) in [4.78, 5) is 22.2. The normalized spacial score (nSPS) is 10.3. The number of hydrogen-bond acceptors (Lipinski definition) is 4. The zero-order chi connectivity index (χ0) is 16.1. The van der Waals surface area contributed by atoms with E-state index in [0.717, 1.165) is 0 Å². The molecule has 0 unspecified atom stereocenters. The minimum absolute atomic E-state index is 0.0346. The van der Waals surface area contributed by atoms with Crippen molar-refractivity contribution < 1.29 is 9.72 Å². The summed E-state index contributed by atoms with van der Waals surface area (Å²) in [6.45, 7) is 0.361. The SMILES string of the molecule is O=C(CCNc1ccc(Cl)c([N+](=O)[O-])c1)c1ccc(Cl)cc1. The summed E-state index contributed by atoms with van der Waals surface area (Å²) in [7, 11) is 0. The molecule has 2 aromatic rings. The molecule has 2 aromatic carbocycles. The molecule has 7 heteroatoms. The van der Waals surface area contributed by atoms with Crippen molar-refractivity contribution in [3.63, 3.8) is 0 Å². The summed E-state index contributed by atoms with van der Waals surface area (Å²) in [6.07, 6.45) is 0.262. The number of rotatable bonds is 6. The predicted octanol–water partition coefficient (Wildman–Crippen LogP) is 4.59. The van der Waals surface area contributed by atoms with E-state index in [-0.39, 0.29) is 22.9 Å². The van der Waals surface area contributed by atoms with Gasteiger partial charge in [0.2, 0.25) is 0 Å². The summed E-state index contributed by atoms with van der Waals surface area (Å²) < 4.78 is 0. The summed E-state index contributed by atoms with van der Waals surface area (Å²) in [6, 6.07) is 11.1. The third kappa shape index (κ3) is 4.19. The van der Waals surface area contributed by atoms with Crippen LogP contribution in [-0.4, -0.2) is 17.3 Å². The third-order valence-corrected chi connectivity index (χ3v) is 3.56. The number of ketones is 1. The topological polar surface area (TPSA) is 72.2 Å². The van der Waals surface area contributed by atoms with Crippen molar-refractivity contribution in [2.45, 2.75) is 6.42 Å². The number of carbonyl (C=O) groups excluding carboxylic acids is 1. The van der Waals surface area contributed by atoms with Crippen LogP contribution in [0, 0.1) is 10.1 Å². The number of benzene rings is 2. The lowest BCUT2D eigenvalue weighted by atomic mass is 10.1. The summed E-state index contributed by atoms with van der Waals surface area (Å²) >= 11 is 11.5. The van der Waals surface area contributed by atoms with Gasteiger partial charge in [-0.2, -0.15) is 0 Å². The van der Waals surface area contributed by atoms with Crippen molar-refractivity contribution in [3.8, 4) is 0 Å².